The molecule has 85 heavy (non-hydrogen) atoms. The number of piperidine rings is 1. The normalized spacial score (nSPS) is 27.3. The highest BCUT2D eigenvalue weighted by atomic mass is 16.5. The zero-order chi connectivity index (χ0) is 64.0. The summed E-state index contributed by atoms with van der Waals surface area (Å²) in [5, 5.41) is 22.2. The van der Waals surface area contributed by atoms with Gasteiger partial charge in [-0.2, -0.15) is 0 Å². The lowest BCUT2D eigenvalue weighted by Crippen LogP contribution is -2.61. The molecule has 2 aliphatic rings. The van der Waals surface area contributed by atoms with E-state index < -0.39 is 83.3 Å². The van der Waals surface area contributed by atoms with Crippen molar-refractivity contribution in [3.63, 3.8) is 0 Å². The van der Waals surface area contributed by atoms with Gasteiger partial charge in [0.05, 0.1) is 68.0 Å². The van der Waals surface area contributed by atoms with E-state index in [1.54, 1.807) is 44.8 Å². The summed E-state index contributed by atoms with van der Waals surface area (Å²) in [4.78, 5) is 150. The Kier molecular flexibility index (Phi) is 30.5. The van der Waals surface area contributed by atoms with Gasteiger partial charge in [0.1, 0.15) is 11.8 Å². The number of ether oxygens (including phenoxy) is 1. The van der Waals surface area contributed by atoms with Gasteiger partial charge in [-0.05, 0) is 131 Å². The molecule has 0 unspecified atom stereocenters. The summed E-state index contributed by atoms with van der Waals surface area (Å²) in [6.07, 6.45) is 2.71. The number of ketones is 3. The number of aliphatic hydroxyl groups is 1. The van der Waals surface area contributed by atoms with Gasteiger partial charge in [0.25, 0.3) is 11.8 Å². The summed E-state index contributed by atoms with van der Waals surface area (Å²) < 4.78 is 6.07. The average Bonchev–Trinajstić information content (AvgIpc) is 3.36. The van der Waals surface area contributed by atoms with Crippen LogP contribution in [0, 0.1) is 23.7 Å². The smallest absolute Gasteiger partial charge is 0.254 e. The standard InChI is InChI=1S/C63H106N10O12/c1-40(2)29-47-32-55(78)66-51(45(8)74)25-26-56(79)71(15)43(6)53(76)37-68(12)49(30-41(3)4)33-50(75)35-64-34-48(39-85-63(9,10)11)58(80)67-57(62(84)73-27-21-18-22-28-73)59(81)65-42(5)60(82)72(16)44(7)54(77)38-69(13)52(61(83)70(14)36-47)31-46-23-19-17-20-24-46/h17,19-20,23-24,40-45,47-49,51-52,57,64,74H,18,21-22,25-39H2,1-16H3,(H,65,81)(H,66,78)(H,67,80)/t42-,43+,44-,45-,47+,48+,49+,51-,52+,57+/m1/s1. The summed E-state index contributed by atoms with van der Waals surface area (Å²) in [6.45, 7) is 19.9. The number of nitrogens with one attached hydrogen (secondary N) is 4. The Balaban J connectivity index is 2.07. The lowest BCUT2D eigenvalue weighted by atomic mass is 9.92. The van der Waals surface area contributed by atoms with Crippen molar-refractivity contribution in [1.29, 1.82) is 0 Å². The number of benzene rings is 1. The van der Waals surface area contributed by atoms with Gasteiger partial charge in [-0.25, -0.2) is 0 Å². The molecule has 2 aliphatic heterocycles. The topological polar surface area (TPSA) is 268 Å². The largest absolute Gasteiger partial charge is 0.391 e. The molecule has 0 bridgehead atoms. The Morgan fingerprint density at radius 3 is 1.88 bits per heavy atom. The minimum Gasteiger partial charge on any atom is -0.391 e. The molecule has 0 radical (unpaired) electrons. The molecule has 5 N–H and O–H groups in total. The van der Waals surface area contributed by atoms with Crippen LogP contribution in [0.5, 0.6) is 0 Å². The van der Waals surface area contributed by atoms with E-state index in [0.717, 1.165) is 12.0 Å². The van der Waals surface area contributed by atoms with E-state index in [0.29, 0.717) is 38.8 Å². The van der Waals surface area contributed by atoms with Crippen molar-refractivity contribution >= 4 is 58.7 Å². The van der Waals surface area contributed by atoms with E-state index in [4.69, 9.17) is 4.74 Å². The maximum Gasteiger partial charge on any atom is 0.254 e. The van der Waals surface area contributed by atoms with Gasteiger partial charge < -0.3 is 50.7 Å². The molecule has 0 saturated carbocycles. The van der Waals surface area contributed by atoms with Crippen molar-refractivity contribution in [2.75, 3.05) is 87.7 Å². The highest BCUT2D eigenvalue weighted by molar-refractivity contribution is 6.08. The highest BCUT2D eigenvalue weighted by Crippen LogP contribution is 2.22. The first kappa shape index (κ1) is 73.6. The molecule has 22 nitrogen and oxygen atoms in total. The average molecular weight is 1200 g/mol. The number of amides is 7. The summed E-state index contributed by atoms with van der Waals surface area (Å²) in [5.74, 6) is -5.86. The molecule has 7 amide bonds. The van der Waals surface area contributed by atoms with Crippen LogP contribution in [-0.2, 0) is 59.1 Å². The second-order valence-electron chi connectivity index (χ2n) is 26.0. The Bertz CT molecular complexity index is 2380. The van der Waals surface area contributed by atoms with Crippen LogP contribution >= 0.6 is 0 Å². The minimum atomic E-state index is -1.75. The molecule has 0 aromatic heterocycles. The number of hydrogen-bond donors (Lipinski definition) is 5. The van der Waals surface area contributed by atoms with Crippen LogP contribution in [0.1, 0.15) is 140 Å². The number of hydrogen-bond acceptors (Lipinski definition) is 15. The van der Waals surface area contributed by atoms with Crippen LogP contribution in [0.15, 0.2) is 30.3 Å². The van der Waals surface area contributed by atoms with Crippen molar-refractivity contribution in [2.24, 2.45) is 23.7 Å². The van der Waals surface area contributed by atoms with Crippen molar-refractivity contribution in [3.8, 4) is 0 Å². The summed E-state index contributed by atoms with van der Waals surface area (Å²) in [6, 6.07) is 2.42. The predicted octanol–water partition coefficient (Wildman–Crippen LogP) is 2.86. The number of nitrogens with zero attached hydrogens (tertiary/aromatic N) is 6. The van der Waals surface area contributed by atoms with E-state index in [9.17, 15) is 53.1 Å². The van der Waals surface area contributed by atoms with Crippen molar-refractivity contribution < 1.29 is 57.8 Å². The number of carbonyl (C=O) groups excluding carboxylic acids is 10. The van der Waals surface area contributed by atoms with Crippen LogP contribution < -0.4 is 21.3 Å². The molecule has 0 aliphatic carbocycles. The number of rotatable bonds is 10. The summed E-state index contributed by atoms with van der Waals surface area (Å²) in [5.41, 5.74) is 0.141. The summed E-state index contributed by atoms with van der Waals surface area (Å²) in [7, 11) is 8.05. The molecule has 2 heterocycles. The third-order valence-electron chi connectivity index (χ3n) is 16.3. The third-order valence-corrected chi connectivity index (χ3v) is 16.3. The number of Topliss-reactive ketones (excluding diaryl/α,β-unsaturated/α-hetero) is 3. The first-order valence-electron chi connectivity index (χ1n) is 30.7. The first-order chi connectivity index (χ1) is 39.7. The van der Waals surface area contributed by atoms with Crippen molar-refractivity contribution in [2.45, 2.75) is 194 Å². The van der Waals surface area contributed by atoms with Gasteiger partial charge in [0.2, 0.25) is 29.5 Å². The molecular weight excluding hydrogens is 1090 g/mol. The molecule has 2 fully saturated rings. The molecule has 0 spiro atoms. The molecule has 2 saturated heterocycles. The van der Waals surface area contributed by atoms with Gasteiger partial charge in [-0.3, -0.25) is 57.7 Å². The molecule has 3 rings (SSSR count). The van der Waals surface area contributed by atoms with Gasteiger partial charge in [0, 0.05) is 72.6 Å². The van der Waals surface area contributed by atoms with E-state index in [1.165, 1.54) is 42.6 Å². The minimum absolute atomic E-state index is 0.0118. The van der Waals surface area contributed by atoms with Crippen LogP contribution in [-0.4, -0.2) is 235 Å². The molecular formula is C63H106N10O12. The lowest BCUT2D eigenvalue weighted by Gasteiger charge is -2.34. The molecule has 22 heteroatoms. The zero-order valence-corrected chi connectivity index (χ0v) is 54.2. The quantitative estimate of drug-likeness (QED) is 0.211. The van der Waals surface area contributed by atoms with E-state index in [-0.39, 0.29) is 125 Å². The molecule has 1 aromatic rings. The van der Waals surface area contributed by atoms with Crippen molar-refractivity contribution in [3.05, 3.63) is 35.9 Å². The second kappa shape index (κ2) is 35.2. The van der Waals surface area contributed by atoms with Gasteiger partial charge in [-0.1, -0.05) is 58.0 Å². The monoisotopic (exact) mass is 1190 g/mol. The van der Waals surface area contributed by atoms with Gasteiger partial charge in [0.15, 0.2) is 17.6 Å². The number of carbonyl (C=O) groups is 10. The van der Waals surface area contributed by atoms with Crippen LogP contribution in [0.2, 0.25) is 0 Å². The molecule has 480 valence electrons. The Hall–Kier alpha value is -5.68. The van der Waals surface area contributed by atoms with E-state index >= 15 is 0 Å². The highest BCUT2D eigenvalue weighted by Gasteiger charge is 2.39. The SMILES string of the molecule is CC(C)C[C@H]1CC(=O)N[C@@H]([C@@H](C)O)CCC(=O)N(C)[C@@H](C)C(=O)CN(C)[C@@H](CC(C)C)CC(=O)CNC[C@@H](COC(C)(C)C)C(=O)N[C@H](C(=O)N2CCCCC2)C(=O)N[C@H](C)C(=O)N(C)[C@H](C)C(=O)CN(C)[C@@H](Cc2ccccc2)C(=O)N(C)C1. The van der Waals surface area contributed by atoms with E-state index in [2.05, 4.69) is 21.3 Å². The second-order valence-corrected chi connectivity index (χ2v) is 26.0. The maximum absolute atomic E-state index is 14.7. The lowest BCUT2D eigenvalue weighted by molar-refractivity contribution is -0.146. The zero-order valence-electron chi connectivity index (χ0n) is 54.2. The number of likely N-dealkylation sites (N-methyl/N-ethyl adjacent to an activating group) is 5. The fraction of sp³-hybridized carbons (Fsp3) is 0.746. The third kappa shape index (κ3) is 24.9. The van der Waals surface area contributed by atoms with Crippen LogP contribution in [0.3, 0.4) is 0 Å². The predicted molar refractivity (Wildman–Crippen MR) is 327 cm³/mol. The fourth-order valence-electron chi connectivity index (χ4n) is 10.9. The number of likely N-dealkylation sites (tertiary alicyclic amines) is 1. The van der Waals surface area contributed by atoms with Crippen LogP contribution in [0.4, 0.5) is 0 Å². The van der Waals surface area contributed by atoms with Gasteiger partial charge >= 0.3 is 0 Å². The Morgan fingerprint density at radius 2 is 1.31 bits per heavy atom. The van der Waals surface area contributed by atoms with Crippen molar-refractivity contribution in [1.82, 2.24) is 50.7 Å². The maximum atomic E-state index is 14.7. The Morgan fingerprint density at radius 1 is 0.718 bits per heavy atom. The van der Waals surface area contributed by atoms with Crippen LogP contribution in [0.25, 0.3) is 0 Å². The summed E-state index contributed by atoms with van der Waals surface area (Å²) >= 11 is 0. The first-order valence-corrected chi connectivity index (χ1v) is 30.7. The van der Waals surface area contributed by atoms with Gasteiger partial charge in [-0.15, -0.1) is 0 Å². The molecule has 1 aromatic carbocycles. The van der Waals surface area contributed by atoms with E-state index in [1.807, 2.05) is 83.7 Å². The number of aliphatic hydroxyl groups excluding tert-OH is 1. The fourth-order valence-corrected chi connectivity index (χ4v) is 10.9. The Labute approximate surface area is 507 Å². The molecule has 10 atom stereocenters.